The fourth-order valence-corrected chi connectivity index (χ4v) is 4.35. The zero-order valence-electron chi connectivity index (χ0n) is 13.6. The van der Waals surface area contributed by atoms with Crippen LogP contribution in [-0.4, -0.2) is 58.5 Å². The van der Waals surface area contributed by atoms with Crippen LogP contribution in [0.25, 0.3) is 0 Å². The van der Waals surface area contributed by atoms with Gasteiger partial charge < -0.3 is 9.64 Å². The molecule has 1 aliphatic heterocycles. The van der Waals surface area contributed by atoms with Gasteiger partial charge >= 0.3 is 0 Å². The Bertz CT molecular complexity index is 542. The van der Waals surface area contributed by atoms with Crippen LogP contribution in [0.3, 0.4) is 0 Å². The largest absolute Gasteiger partial charge is 0.375 e. The van der Waals surface area contributed by atoms with Crippen LogP contribution < -0.4 is 5.32 Å². The number of hydrogen-bond acceptors (Lipinski definition) is 7. The van der Waals surface area contributed by atoms with Crippen molar-refractivity contribution in [2.24, 2.45) is 0 Å². The first kappa shape index (κ1) is 18.2. The second kappa shape index (κ2) is 8.60. The van der Waals surface area contributed by atoms with Crippen molar-refractivity contribution in [2.45, 2.75) is 49.5 Å². The van der Waals surface area contributed by atoms with E-state index in [0.29, 0.717) is 27.3 Å². The minimum atomic E-state index is -0.271. The van der Waals surface area contributed by atoms with Crippen LogP contribution in [0.15, 0.2) is 4.34 Å². The molecule has 0 aromatic carbocycles. The number of aromatic nitrogens is 2. The molecule has 9 heteroatoms. The number of carbonyl (C=O) groups is 2. The fraction of sp³-hybridized carbons (Fsp3) is 0.714. The van der Waals surface area contributed by atoms with Gasteiger partial charge in [-0.1, -0.05) is 23.1 Å². The van der Waals surface area contributed by atoms with E-state index in [1.807, 2.05) is 4.90 Å². The molecule has 1 N–H and O–H groups in total. The van der Waals surface area contributed by atoms with E-state index in [-0.39, 0.29) is 18.4 Å². The Balaban J connectivity index is 1.84. The molecule has 0 spiro atoms. The number of piperidine rings is 1. The molecule has 1 aliphatic rings. The summed E-state index contributed by atoms with van der Waals surface area (Å²) < 4.78 is 5.41. The van der Waals surface area contributed by atoms with Gasteiger partial charge in [0.1, 0.15) is 6.61 Å². The van der Waals surface area contributed by atoms with E-state index in [1.165, 1.54) is 36.6 Å². The predicted octanol–water partition coefficient (Wildman–Crippen LogP) is 2.00. The van der Waals surface area contributed by atoms with Gasteiger partial charge in [0.2, 0.25) is 11.0 Å². The summed E-state index contributed by atoms with van der Waals surface area (Å²) in [6, 6.07) is 0.593. The van der Waals surface area contributed by atoms with E-state index >= 15 is 0 Å². The summed E-state index contributed by atoms with van der Waals surface area (Å²) in [6.07, 6.45) is 3.31. The maximum Gasteiger partial charge on any atom is 0.252 e. The molecule has 1 aromatic heterocycles. The summed E-state index contributed by atoms with van der Waals surface area (Å²) in [5, 5.41) is 10.9. The number of methoxy groups -OCH3 is 1. The normalized spacial score (nSPS) is 21.3. The summed E-state index contributed by atoms with van der Waals surface area (Å²) in [5.41, 5.74) is 0. The Morgan fingerprint density at radius 1 is 1.35 bits per heavy atom. The lowest BCUT2D eigenvalue weighted by molar-refractivity contribution is -0.134. The Kier molecular flexibility index (Phi) is 6.79. The van der Waals surface area contributed by atoms with Gasteiger partial charge in [0, 0.05) is 19.2 Å². The molecule has 0 bridgehead atoms. The van der Waals surface area contributed by atoms with Crippen LogP contribution in [0.2, 0.25) is 0 Å². The van der Waals surface area contributed by atoms with Crippen LogP contribution >= 0.6 is 23.1 Å². The Morgan fingerprint density at radius 3 is 2.70 bits per heavy atom. The number of rotatable bonds is 6. The number of anilines is 1. The lowest BCUT2D eigenvalue weighted by Gasteiger charge is -2.39. The van der Waals surface area contributed by atoms with E-state index in [1.54, 1.807) is 0 Å². The molecule has 128 valence electrons. The second-order valence-corrected chi connectivity index (χ2v) is 7.77. The summed E-state index contributed by atoms with van der Waals surface area (Å²) in [7, 11) is 1.45. The summed E-state index contributed by atoms with van der Waals surface area (Å²) in [4.78, 5) is 25.8. The third kappa shape index (κ3) is 5.15. The van der Waals surface area contributed by atoms with Gasteiger partial charge in [-0.3, -0.25) is 14.9 Å². The number of nitrogens with zero attached hydrogens (tertiary/aromatic N) is 3. The van der Waals surface area contributed by atoms with Crippen molar-refractivity contribution in [3.63, 3.8) is 0 Å². The Hall–Kier alpha value is -1.19. The highest BCUT2D eigenvalue weighted by Crippen LogP contribution is 2.28. The molecule has 1 aromatic rings. The van der Waals surface area contributed by atoms with Crippen molar-refractivity contribution in [1.29, 1.82) is 0 Å². The van der Waals surface area contributed by atoms with Gasteiger partial charge in [-0.05, 0) is 33.1 Å². The maximum atomic E-state index is 12.4. The van der Waals surface area contributed by atoms with Crippen molar-refractivity contribution >= 4 is 40.0 Å². The van der Waals surface area contributed by atoms with Crippen LogP contribution in [0, 0.1) is 0 Å². The minimum absolute atomic E-state index is 0.0225. The summed E-state index contributed by atoms with van der Waals surface area (Å²) in [5.74, 6) is 0.206. The molecule has 2 amide bonds. The number of likely N-dealkylation sites (tertiary alicyclic amines) is 1. The van der Waals surface area contributed by atoms with Gasteiger partial charge in [0.05, 0.1) is 5.75 Å². The van der Waals surface area contributed by atoms with E-state index in [2.05, 4.69) is 29.4 Å². The van der Waals surface area contributed by atoms with Gasteiger partial charge in [0.15, 0.2) is 4.34 Å². The molecular weight excluding hydrogens is 336 g/mol. The third-order valence-electron chi connectivity index (χ3n) is 3.73. The van der Waals surface area contributed by atoms with E-state index < -0.39 is 0 Å². The predicted molar refractivity (Wildman–Crippen MR) is 90.8 cm³/mol. The molecule has 1 saturated heterocycles. The first-order valence-corrected chi connectivity index (χ1v) is 9.37. The SMILES string of the molecule is COCC(=O)Nc1nnc(SCC(=O)N2[C@H](C)CCC[C@H]2C)s1. The number of nitrogens with one attached hydrogen (secondary N) is 1. The molecule has 0 saturated carbocycles. The van der Waals surface area contributed by atoms with Gasteiger partial charge in [-0.15, -0.1) is 10.2 Å². The molecule has 7 nitrogen and oxygen atoms in total. The lowest BCUT2D eigenvalue weighted by atomic mass is 9.98. The molecular formula is C14H22N4O3S2. The number of amides is 2. The molecule has 0 aliphatic carbocycles. The van der Waals surface area contributed by atoms with Gasteiger partial charge in [0.25, 0.3) is 5.91 Å². The van der Waals surface area contributed by atoms with Crippen LogP contribution in [0.1, 0.15) is 33.1 Å². The minimum Gasteiger partial charge on any atom is -0.375 e. The highest BCUT2D eigenvalue weighted by molar-refractivity contribution is 8.01. The molecule has 2 heterocycles. The van der Waals surface area contributed by atoms with Crippen molar-refractivity contribution in [1.82, 2.24) is 15.1 Å². The summed E-state index contributed by atoms with van der Waals surface area (Å²) in [6.45, 7) is 4.19. The Labute approximate surface area is 144 Å². The van der Waals surface area contributed by atoms with E-state index in [9.17, 15) is 9.59 Å². The molecule has 2 atom stereocenters. The monoisotopic (exact) mass is 358 g/mol. The second-order valence-electron chi connectivity index (χ2n) is 5.57. The zero-order valence-corrected chi connectivity index (χ0v) is 15.2. The average molecular weight is 358 g/mol. The van der Waals surface area contributed by atoms with Crippen LogP contribution in [0.5, 0.6) is 0 Å². The van der Waals surface area contributed by atoms with Gasteiger partial charge in [-0.2, -0.15) is 0 Å². The number of carbonyl (C=O) groups excluding carboxylic acids is 2. The Morgan fingerprint density at radius 2 is 2.04 bits per heavy atom. The van der Waals surface area contributed by atoms with E-state index in [4.69, 9.17) is 4.74 Å². The molecule has 1 fully saturated rings. The van der Waals surface area contributed by atoms with Crippen molar-refractivity contribution in [2.75, 3.05) is 24.8 Å². The first-order valence-electron chi connectivity index (χ1n) is 7.57. The standard InChI is InChI=1S/C14H22N4O3S2/c1-9-5-4-6-10(2)18(9)12(20)8-22-14-17-16-13(23-14)15-11(19)7-21-3/h9-10H,4-8H2,1-3H3,(H,15,16,19)/t9-,10-/m1/s1. The molecule has 0 unspecified atom stereocenters. The molecule has 23 heavy (non-hydrogen) atoms. The smallest absolute Gasteiger partial charge is 0.252 e. The van der Waals surface area contributed by atoms with Crippen molar-refractivity contribution in [3.05, 3.63) is 0 Å². The highest BCUT2D eigenvalue weighted by Gasteiger charge is 2.28. The molecule has 0 radical (unpaired) electrons. The molecule has 2 rings (SSSR count). The number of ether oxygens (including phenoxy) is 1. The number of thioether (sulfide) groups is 1. The number of hydrogen-bond donors (Lipinski definition) is 1. The topological polar surface area (TPSA) is 84.4 Å². The van der Waals surface area contributed by atoms with Crippen molar-refractivity contribution in [3.8, 4) is 0 Å². The van der Waals surface area contributed by atoms with Crippen molar-refractivity contribution < 1.29 is 14.3 Å². The third-order valence-corrected chi connectivity index (χ3v) is 5.69. The first-order chi connectivity index (χ1) is 11.0. The average Bonchev–Trinajstić information content (AvgIpc) is 2.92. The van der Waals surface area contributed by atoms with E-state index in [0.717, 1.165) is 12.8 Å². The van der Waals surface area contributed by atoms with Crippen LogP contribution in [0.4, 0.5) is 5.13 Å². The zero-order chi connectivity index (χ0) is 16.8. The van der Waals surface area contributed by atoms with Crippen LogP contribution in [-0.2, 0) is 14.3 Å². The van der Waals surface area contributed by atoms with Gasteiger partial charge in [-0.25, -0.2) is 0 Å². The quantitative estimate of drug-likeness (QED) is 0.618. The maximum absolute atomic E-state index is 12.4. The summed E-state index contributed by atoms with van der Waals surface area (Å²) >= 11 is 2.62. The fourth-order valence-electron chi connectivity index (χ4n) is 2.72. The lowest BCUT2D eigenvalue weighted by Crippen LogP contribution is -2.48. The highest BCUT2D eigenvalue weighted by atomic mass is 32.2.